The van der Waals surface area contributed by atoms with Crippen LogP contribution < -0.4 is 0 Å². The molecule has 0 atom stereocenters. The first-order valence-corrected chi connectivity index (χ1v) is 14.6. The lowest BCUT2D eigenvalue weighted by atomic mass is 10.0. The van der Waals surface area contributed by atoms with Gasteiger partial charge in [-0.25, -0.2) is 4.85 Å². The van der Waals surface area contributed by atoms with Crippen LogP contribution in [0.4, 0.5) is 5.69 Å². The molecule has 0 bridgehead atoms. The summed E-state index contributed by atoms with van der Waals surface area (Å²) < 4.78 is 4.29. The van der Waals surface area contributed by atoms with E-state index < -0.39 is 0 Å². The van der Waals surface area contributed by atoms with E-state index in [-0.39, 0.29) is 0 Å². The van der Waals surface area contributed by atoms with Crippen LogP contribution in [-0.4, -0.2) is 9.13 Å². The van der Waals surface area contributed by atoms with Crippen molar-refractivity contribution in [2.75, 3.05) is 0 Å². The summed E-state index contributed by atoms with van der Waals surface area (Å²) in [6.07, 6.45) is 0. The van der Waals surface area contributed by atoms with Crippen LogP contribution in [0.5, 0.6) is 0 Å². The zero-order chi connectivity index (χ0) is 29.4. The van der Waals surface area contributed by atoms with E-state index in [0.29, 0.717) is 22.6 Å². The second kappa shape index (κ2) is 9.07. The molecule has 0 radical (unpaired) electrons. The maximum absolute atomic E-state index is 10.7. The zero-order valence-electron chi connectivity index (χ0n) is 23.5. The highest BCUT2D eigenvalue weighted by molar-refractivity contribution is 6.22. The van der Waals surface area contributed by atoms with E-state index in [2.05, 4.69) is 129 Å². The third kappa shape index (κ3) is 3.14. The Morgan fingerprint density at radius 1 is 0.477 bits per heavy atom. The summed E-state index contributed by atoms with van der Waals surface area (Å²) in [7, 11) is 0. The molecule has 0 amide bonds. The fourth-order valence-corrected chi connectivity index (χ4v) is 7.16. The molecule has 7 aromatic carbocycles. The maximum Gasteiger partial charge on any atom is 0.230 e. The van der Waals surface area contributed by atoms with Gasteiger partial charge >= 0.3 is 0 Å². The summed E-state index contributed by atoms with van der Waals surface area (Å²) in [6.45, 7) is 8.39. The third-order valence-corrected chi connectivity index (χ3v) is 8.96. The van der Waals surface area contributed by atoms with Gasteiger partial charge in [0.15, 0.2) is 0 Å². The number of hydrogen-bond acceptors (Lipinski definition) is 1. The van der Waals surface area contributed by atoms with Crippen molar-refractivity contribution < 1.29 is 0 Å². The van der Waals surface area contributed by atoms with Crippen molar-refractivity contribution >= 4 is 70.8 Å². The minimum Gasteiger partial charge on any atom is -0.319 e. The normalized spacial score (nSPS) is 11.6. The average molecular weight is 559 g/mol. The van der Waals surface area contributed by atoms with Crippen LogP contribution in [0.1, 0.15) is 5.56 Å². The largest absolute Gasteiger partial charge is 0.319 e. The zero-order valence-corrected chi connectivity index (χ0v) is 23.5. The van der Waals surface area contributed by atoms with Crippen molar-refractivity contribution in [2.45, 2.75) is 0 Å². The van der Waals surface area contributed by atoms with E-state index in [1.54, 1.807) is 0 Å². The van der Waals surface area contributed by atoms with Crippen molar-refractivity contribution in [3.8, 4) is 17.4 Å². The van der Waals surface area contributed by atoms with Crippen LogP contribution >= 0.6 is 0 Å². The van der Waals surface area contributed by atoms with Crippen LogP contribution in [0.15, 0.2) is 133 Å². The minimum absolute atomic E-state index is 0.340. The fraction of sp³-hybridized carbons (Fsp3) is 0. The maximum atomic E-state index is 10.7. The molecule has 0 fully saturated rings. The number of rotatable bonds is 2. The van der Waals surface area contributed by atoms with E-state index in [1.807, 2.05) is 24.3 Å². The lowest BCUT2D eigenvalue weighted by molar-refractivity contribution is 1.14. The van der Waals surface area contributed by atoms with Gasteiger partial charge in [-0.1, -0.05) is 97.1 Å². The highest BCUT2D eigenvalue weighted by Crippen LogP contribution is 2.43. The number of para-hydroxylation sites is 2. The lowest BCUT2D eigenvalue weighted by Crippen LogP contribution is -2.02. The molecule has 4 nitrogen and oxygen atoms in total. The quantitative estimate of drug-likeness (QED) is 0.195. The number of nitriles is 1. The van der Waals surface area contributed by atoms with Crippen molar-refractivity contribution in [1.82, 2.24) is 9.13 Å². The molecule has 0 aliphatic rings. The van der Waals surface area contributed by atoms with Crippen molar-refractivity contribution in [3.63, 3.8) is 0 Å². The molecule has 0 aliphatic carbocycles. The van der Waals surface area contributed by atoms with E-state index in [4.69, 9.17) is 6.57 Å². The van der Waals surface area contributed by atoms with Gasteiger partial charge in [0.1, 0.15) is 0 Å². The topological polar surface area (TPSA) is 38.0 Å². The molecule has 2 heterocycles. The van der Waals surface area contributed by atoms with Crippen LogP contribution in [0, 0.1) is 17.9 Å². The molecule has 0 saturated carbocycles. The van der Waals surface area contributed by atoms with Gasteiger partial charge in [-0.05, 0) is 57.9 Å². The van der Waals surface area contributed by atoms with E-state index in [9.17, 15) is 5.26 Å². The summed E-state index contributed by atoms with van der Waals surface area (Å²) in [5.74, 6) is 0. The highest BCUT2D eigenvalue weighted by atomic mass is 15.0. The predicted molar refractivity (Wildman–Crippen MR) is 181 cm³/mol. The van der Waals surface area contributed by atoms with Crippen LogP contribution in [0.25, 0.3) is 81.4 Å². The molecule has 44 heavy (non-hydrogen) atoms. The Hall–Kier alpha value is -6.36. The Morgan fingerprint density at radius 3 is 1.45 bits per heavy atom. The summed E-state index contributed by atoms with van der Waals surface area (Å²) in [5, 5.41) is 19.9. The van der Waals surface area contributed by atoms with Gasteiger partial charge in [0, 0.05) is 21.5 Å². The molecule has 9 rings (SSSR count). The highest BCUT2D eigenvalue weighted by Gasteiger charge is 2.23. The molecular formula is C40H22N4. The van der Waals surface area contributed by atoms with Crippen LogP contribution in [0.2, 0.25) is 0 Å². The molecule has 0 unspecified atom stereocenters. The van der Waals surface area contributed by atoms with Crippen molar-refractivity contribution in [2.24, 2.45) is 0 Å². The van der Waals surface area contributed by atoms with Crippen molar-refractivity contribution in [3.05, 3.63) is 150 Å². The molecule has 0 spiro atoms. The number of aromatic nitrogens is 2. The Bertz CT molecular complexity index is 2550. The second-order valence-electron chi connectivity index (χ2n) is 11.1. The smallest absolute Gasteiger partial charge is 0.230 e. The van der Waals surface area contributed by atoms with Gasteiger partial charge in [0.2, 0.25) is 5.69 Å². The Morgan fingerprint density at radius 2 is 0.932 bits per heavy atom. The molecule has 0 N–H and O–H groups in total. The van der Waals surface area contributed by atoms with Gasteiger partial charge in [0.05, 0.1) is 51.6 Å². The van der Waals surface area contributed by atoms with E-state index in [1.165, 1.54) is 16.2 Å². The average Bonchev–Trinajstić information content (AvgIpc) is 3.61. The number of benzene rings is 7. The van der Waals surface area contributed by atoms with Gasteiger partial charge in [0.25, 0.3) is 0 Å². The molecule has 0 saturated heterocycles. The SMILES string of the molecule is [C-]#[N+]c1c(-n2c3ccccc3c3c4ccccc4ccc32)ccc(-n2c3ccccc3c3c4ccccc4ccc32)c1C#N. The van der Waals surface area contributed by atoms with Gasteiger partial charge in [-0.15, -0.1) is 0 Å². The number of hydrogen-bond donors (Lipinski definition) is 0. The summed E-state index contributed by atoms with van der Waals surface area (Å²) in [6, 6.07) is 48.4. The molecule has 9 aromatic rings. The molecule has 0 aliphatic heterocycles. The Labute approximate surface area is 252 Å². The fourth-order valence-electron chi connectivity index (χ4n) is 7.16. The van der Waals surface area contributed by atoms with Gasteiger partial charge < -0.3 is 9.13 Å². The number of nitrogens with zero attached hydrogens (tertiary/aromatic N) is 4. The second-order valence-corrected chi connectivity index (χ2v) is 11.1. The molecule has 202 valence electrons. The first kappa shape index (κ1) is 24.3. The molecule has 4 heteroatoms. The molecular weight excluding hydrogens is 536 g/mol. The predicted octanol–water partition coefficient (Wildman–Crippen LogP) is 10.6. The van der Waals surface area contributed by atoms with E-state index in [0.717, 1.165) is 49.0 Å². The first-order valence-electron chi connectivity index (χ1n) is 14.6. The monoisotopic (exact) mass is 558 g/mol. The summed E-state index contributed by atoms with van der Waals surface area (Å²) >= 11 is 0. The van der Waals surface area contributed by atoms with Crippen LogP contribution in [0.3, 0.4) is 0 Å². The molecule has 2 aromatic heterocycles. The van der Waals surface area contributed by atoms with E-state index >= 15 is 0 Å². The Balaban J connectivity index is 1.40. The minimum atomic E-state index is 0.340. The number of fused-ring (bicyclic) bond motifs is 10. The summed E-state index contributed by atoms with van der Waals surface area (Å²) in [5.41, 5.74) is 6.13. The van der Waals surface area contributed by atoms with Crippen molar-refractivity contribution in [1.29, 1.82) is 5.26 Å². The van der Waals surface area contributed by atoms with Gasteiger partial charge in [-0.3, -0.25) is 0 Å². The van der Waals surface area contributed by atoms with Gasteiger partial charge in [-0.2, -0.15) is 5.26 Å². The van der Waals surface area contributed by atoms with Crippen LogP contribution in [-0.2, 0) is 0 Å². The third-order valence-electron chi connectivity index (χ3n) is 8.96. The Kier molecular flexibility index (Phi) is 5.00. The standard InChI is InChI=1S/C40H22N4/c1-42-40-31(24-41)34(43-32-16-8-6-14-29(32)38-27-12-4-2-10-25(27)18-20-35(38)43)22-23-37(40)44-33-17-9-7-15-30(33)39-28-13-5-3-11-26(28)19-21-36(39)44/h2-23H. The lowest BCUT2D eigenvalue weighted by Gasteiger charge is -2.16. The first-order chi connectivity index (χ1) is 21.8. The summed E-state index contributed by atoms with van der Waals surface area (Å²) in [4.78, 5) is 4.05.